The molecular weight excluding hydrogens is 384 g/mol. The molecule has 3 aromatic heterocycles. The maximum atomic E-state index is 2.23. The third-order valence-corrected chi connectivity index (χ3v) is 6.70. The predicted molar refractivity (Wildman–Crippen MR) is 129 cm³/mol. The van der Waals surface area contributed by atoms with Crippen molar-refractivity contribution in [1.82, 2.24) is 0 Å². The number of hydrogen-bond acceptors (Lipinski definition) is 3. The summed E-state index contributed by atoms with van der Waals surface area (Å²) in [4.78, 5) is 1.46. The highest BCUT2D eigenvalue weighted by Gasteiger charge is 2.14. The van der Waals surface area contributed by atoms with E-state index < -0.39 is 0 Å². The van der Waals surface area contributed by atoms with E-state index >= 15 is 0 Å². The molecule has 150 valence electrons. The van der Waals surface area contributed by atoms with Crippen LogP contribution in [0.4, 0.5) is 0 Å². The second kappa shape index (κ2) is 10.0. The van der Waals surface area contributed by atoms with E-state index in [1.165, 1.54) is 16.0 Å². The summed E-state index contributed by atoms with van der Waals surface area (Å²) >= 11 is 5.36. The van der Waals surface area contributed by atoms with E-state index in [0.29, 0.717) is 16.2 Å². The van der Waals surface area contributed by atoms with Gasteiger partial charge in [0.05, 0.1) is 0 Å². The Morgan fingerprint density at radius 3 is 1.15 bits per heavy atom. The zero-order valence-corrected chi connectivity index (χ0v) is 20.9. The molecule has 0 spiro atoms. The Bertz CT molecular complexity index is 606. The lowest BCUT2D eigenvalue weighted by atomic mass is 9.90. The van der Waals surface area contributed by atoms with E-state index in [0.717, 1.165) is 0 Å². The van der Waals surface area contributed by atoms with Crippen LogP contribution in [0.1, 0.15) is 78.3 Å². The zero-order chi connectivity index (χ0) is 20.7. The standard InChI is InChI=1S/3C8H12S/c2*1-8(2,3)7-4-5-9-6-7;1-8(2,3)7-5-4-6-9-7/h3*4-6H,1-3H3. The van der Waals surface area contributed by atoms with Crippen LogP contribution < -0.4 is 0 Å². The van der Waals surface area contributed by atoms with E-state index in [2.05, 4.69) is 113 Å². The average molecular weight is 421 g/mol. The minimum Gasteiger partial charge on any atom is -0.152 e. The molecule has 3 rings (SSSR count). The van der Waals surface area contributed by atoms with Gasteiger partial charge in [0.1, 0.15) is 0 Å². The number of rotatable bonds is 0. The SMILES string of the molecule is CC(C)(C)c1cccs1.CC(C)(C)c1ccsc1.CC(C)(C)c1ccsc1. The molecule has 0 aliphatic rings. The van der Waals surface area contributed by atoms with E-state index in [-0.39, 0.29) is 0 Å². The van der Waals surface area contributed by atoms with Gasteiger partial charge in [0.25, 0.3) is 0 Å². The first-order valence-electron chi connectivity index (χ1n) is 9.41. The maximum Gasteiger partial charge on any atom is 0.00987 e. The molecule has 0 aromatic carbocycles. The van der Waals surface area contributed by atoms with E-state index in [1.54, 1.807) is 22.7 Å². The molecule has 0 saturated heterocycles. The van der Waals surface area contributed by atoms with Crippen molar-refractivity contribution in [1.29, 1.82) is 0 Å². The molecule has 0 unspecified atom stereocenters. The van der Waals surface area contributed by atoms with Gasteiger partial charge in [0.2, 0.25) is 0 Å². The molecule has 3 aromatic rings. The Morgan fingerprint density at radius 1 is 0.556 bits per heavy atom. The second-order valence-electron chi connectivity index (χ2n) is 9.75. The van der Waals surface area contributed by atoms with Crippen molar-refractivity contribution in [2.24, 2.45) is 0 Å². The molecule has 0 saturated carbocycles. The van der Waals surface area contributed by atoms with E-state index in [9.17, 15) is 0 Å². The summed E-state index contributed by atoms with van der Waals surface area (Å²) in [7, 11) is 0. The molecule has 0 amide bonds. The third-order valence-electron chi connectivity index (χ3n) is 4.03. The first-order valence-corrected chi connectivity index (χ1v) is 12.2. The van der Waals surface area contributed by atoms with Crippen LogP contribution in [0.3, 0.4) is 0 Å². The van der Waals surface area contributed by atoms with Crippen molar-refractivity contribution in [2.45, 2.75) is 78.6 Å². The van der Waals surface area contributed by atoms with Crippen molar-refractivity contribution in [3.05, 3.63) is 67.2 Å². The molecule has 0 aliphatic carbocycles. The van der Waals surface area contributed by atoms with Crippen LogP contribution in [0.5, 0.6) is 0 Å². The van der Waals surface area contributed by atoms with Crippen LogP contribution in [0.25, 0.3) is 0 Å². The first kappa shape index (κ1) is 24.1. The Labute approximate surface area is 179 Å². The summed E-state index contributed by atoms with van der Waals surface area (Å²) in [6, 6.07) is 8.66. The molecule has 0 nitrogen and oxygen atoms in total. The van der Waals surface area contributed by atoms with Crippen molar-refractivity contribution >= 4 is 34.0 Å². The van der Waals surface area contributed by atoms with Crippen LogP contribution in [-0.4, -0.2) is 0 Å². The molecule has 27 heavy (non-hydrogen) atoms. The topological polar surface area (TPSA) is 0 Å². The smallest absolute Gasteiger partial charge is 0.00987 e. The Hall–Kier alpha value is -0.900. The average Bonchev–Trinajstić information content (AvgIpc) is 3.28. The summed E-state index contributed by atoms with van der Waals surface area (Å²) in [5, 5.41) is 10.8. The first-order chi connectivity index (χ1) is 12.3. The van der Waals surface area contributed by atoms with Crippen molar-refractivity contribution < 1.29 is 0 Å². The minimum absolute atomic E-state index is 0.333. The quantitative estimate of drug-likeness (QED) is 0.340. The Balaban J connectivity index is 0.000000202. The minimum atomic E-state index is 0.333. The lowest BCUT2D eigenvalue weighted by Gasteiger charge is -2.15. The van der Waals surface area contributed by atoms with Gasteiger partial charge in [-0.2, -0.15) is 22.7 Å². The van der Waals surface area contributed by atoms with Gasteiger partial charge in [-0.05, 0) is 72.5 Å². The number of thiophene rings is 3. The molecule has 3 heterocycles. The molecule has 0 radical (unpaired) electrons. The lowest BCUT2D eigenvalue weighted by molar-refractivity contribution is 0.592. The lowest BCUT2D eigenvalue weighted by Crippen LogP contribution is -2.08. The van der Waals surface area contributed by atoms with Crippen molar-refractivity contribution in [3.63, 3.8) is 0 Å². The second-order valence-corrected chi connectivity index (χ2v) is 12.3. The molecule has 3 heteroatoms. The van der Waals surface area contributed by atoms with Crippen LogP contribution in [0.15, 0.2) is 51.2 Å². The summed E-state index contributed by atoms with van der Waals surface area (Å²) in [6.07, 6.45) is 0. The Kier molecular flexibility index (Phi) is 8.98. The van der Waals surface area contributed by atoms with Gasteiger partial charge >= 0.3 is 0 Å². The van der Waals surface area contributed by atoms with Gasteiger partial charge in [-0.1, -0.05) is 68.4 Å². The van der Waals surface area contributed by atoms with Gasteiger partial charge < -0.3 is 0 Å². The van der Waals surface area contributed by atoms with Crippen LogP contribution in [-0.2, 0) is 16.2 Å². The summed E-state index contributed by atoms with van der Waals surface area (Å²) in [6.45, 7) is 20.1. The zero-order valence-electron chi connectivity index (χ0n) is 18.4. The summed E-state index contributed by atoms with van der Waals surface area (Å²) in [5.41, 5.74) is 3.88. The van der Waals surface area contributed by atoms with Gasteiger partial charge in [-0.25, -0.2) is 0 Å². The fourth-order valence-electron chi connectivity index (χ4n) is 2.09. The highest BCUT2D eigenvalue weighted by atomic mass is 32.1. The van der Waals surface area contributed by atoms with Crippen LogP contribution >= 0.6 is 34.0 Å². The monoisotopic (exact) mass is 420 g/mol. The summed E-state index contributed by atoms with van der Waals surface area (Å²) < 4.78 is 0. The fraction of sp³-hybridized carbons (Fsp3) is 0.500. The fourth-order valence-corrected chi connectivity index (χ4v) is 4.67. The molecule has 0 bridgehead atoms. The highest BCUT2D eigenvalue weighted by Crippen LogP contribution is 2.26. The van der Waals surface area contributed by atoms with Crippen LogP contribution in [0, 0.1) is 0 Å². The van der Waals surface area contributed by atoms with Gasteiger partial charge in [0.15, 0.2) is 0 Å². The van der Waals surface area contributed by atoms with Gasteiger partial charge in [-0.15, -0.1) is 11.3 Å². The van der Waals surface area contributed by atoms with E-state index in [4.69, 9.17) is 0 Å². The number of hydrogen-bond donors (Lipinski definition) is 0. The largest absolute Gasteiger partial charge is 0.152 e. The molecule has 0 fully saturated rings. The van der Waals surface area contributed by atoms with Crippen molar-refractivity contribution in [2.75, 3.05) is 0 Å². The van der Waals surface area contributed by atoms with Crippen molar-refractivity contribution in [3.8, 4) is 0 Å². The van der Waals surface area contributed by atoms with E-state index in [1.807, 2.05) is 11.3 Å². The highest BCUT2D eigenvalue weighted by molar-refractivity contribution is 7.10. The molecule has 0 aliphatic heterocycles. The maximum absolute atomic E-state index is 2.23. The normalized spacial score (nSPS) is 11.9. The summed E-state index contributed by atoms with van der Waals surface area (Å²) in [5.74, 6) is 0. The van der Waals surface area contributed by atoms with Crippen LogP contribution in [0.2, 0.25) is 0 Å². The molecular formula is C24H36S3. The van der Waals surface area contributed by atoms with Gasteiger partial charge in [0, 0.05) is 4.88 Å². The Morgan fingerprint density at radius 2 is 1.00 bits per heavy atom. The van der Waals surface area contributed by atoms with Gasteiger partial charge in [-0.3, -0.25) is 0 Å². The molecule has 0 N–H and O–H groups in total. The predicted octanol–water partition coefficient (Wildman–Crippen LogP) is 9.14. The molecule has 0 atom stereocenters. The third kappa shape index (κ3) is 9.23.